The molecule has 4 nitrogen and oxygen atoms in total. The van der Waals surface area contributed by atoms with Gasteiger partial charge < -0.3 is 10.6 Å². The van der Waals surface area contributed by atoms with Crippen LogP contribution in [0.15, 0.2) is 54.6 Å². The molecular weight excluding hydrogens is 344 g/mol. The number of hydrogen-bond acceptors (Lipinski definition) is 2. The fourth-order valence-corrected chi connectivity index (χ4v) is 2.14. The molecular formula is C17H17BrN2O2. The Kier molecular flexibility index (Phi) is 6.15. The number of carbonyl (C=O) groups excluding carboxylic acids is 2. The second-order valence-electron chi connectivity index (χ2n) is 4.80. The molecule has 2 rings (SSSR count). The zero-order valence-corrected chi connectivity index (χ0v) is 13.6. The van der Waals surface area contributed by atoms with Crippen molar-refractivity contribution in [3.8, 4) is 0 Å². The number of nitrogens with one attached hydrogen (secondary N) is 2. The van der Waals surface area contributed by atoms with E-state index in [2.05, 4.69) is 26.6 Å². The van der Waals surface area contributed by atoms with Gasteiger partial charge >= 0.3 is 0 Å². The lowest BCUT2D eigenvalue weighted by Crippen LogP contribution is -2.14. The number of hydrogen-bond donors (Lipinski definition) is 2. The predicted molar refractivity (Wildman–Crippen MR) is 92.3 cm³/mol. The third-order valence-electron chi connectivity index (χ3n) is 3.04. The van der Waals surface area contributed by atoms with Crippen molar-refractivity contribution in [2.45, 2.75) is 12.8 Å². The molecule has 0 saturated heterocycles. The van der Waals surface area contributed by atoms with E-state index in [-0.39, 0.29) is 17.1 Å². The molecule has 22 heavy (non-hydrogen) atoms. The van der Waals surface area contributed by atoms with E-state index in [1.807, 2.05) is 30.3 Å². The molecule has 2 aromatic carbocycles. The monoisotopic (exact) mass is 360 g/mol. The van der Waals surface area contributed by atoms with Crippen molar-refractivity contribution in [3.05, 3.63) is 60.2 Å². The molecule has 2 amide bonds. The van der Waals surface area contributed by atoms with Gasteiger partial charge in [0, 0.05) is 17.8 Å². The Hall–Kier alpha value is -2.14. The summed E-state index contributed by atoms with van der Waals surface area (Å²) in [7, 11) is 0. The third kappa shape index (κ3) is 5.33. The van der Waals surface area contributed by atoms with Crippen molar-refractivity contribution in [2.75, 3.05) is 16.0 Å². The molecule has 2 N–H and O–H groups in total. The van der Waals surface area contributed by atoms with Gasteiger partial charge in [0.1, 0.15) is 0 Å². The Balaban J connectivity index is 1.88. The van der Waals surface area contributed by atoms with Crippen LogP contribution in [-0.4, -0.2) is 17.1 Å². The van der Waals surface area contributed by atoms with Crippen LogP contribution < -0.4 is 10.6 Å². The Morgan fingerprint density at radius 1 is 0.864 bits per heavy atom. The van der Waals surface area contributed by atoms with Crippen LogP contribution in [-0.2, 0) is 16.0 Å². The second kappa shape index (κ2) is 8.34. The molecule has 0 fully saturated rings. The van der Waals surface area contributed by atoms with Gasteiger partial charge in [-0.1, -0.05) is 52.3 Å². The minimum Gasteiger partial charge on any atom is -0.326 e. The predicted octanol–water partition coefficient (Wildman–Crippen LogP) is 3.59. The molecule has 0 saturated carbocycles. The first-order valence-electron chi connectivity index (χ1n) is 6.97. The Morgan fingerprint density at radius 2 is 1.50 bits per heavy atom. The average molecular weight is 361 g/mol. The van der Waals surface area contributed by atoms with Crippen LogP contribution in [0, 0.1) is 0 Å². The molecule has 0 radical (unpaired) electrons. The number of anilines is 2. The normalized spacial score (nSPS) is 10.0. The van der Waals surface area contributed by atoms with Gasteiger partial charge in [0.2, 0.25) is 11.8 Å². The van der Waals surface area contributed by atoms with Crippen molar-refractivity contribution in [1.82, 2.24) is 0 Å². The maximum atomic E-state index is 12.0. The summed E-state index contributed by atoms with van der Waals surface area (Å²) < 4.78 is 0. The van der Waals surface area contributed by atoms with Crippen LogP contribution in [0.4, 0.5) is 11.4 Å². The summed E-state index contributed by atoms with van der Waals surface area (Å²) in [5.74, 6) is -0.180. The molecule has 0 unspecified atom stereocenters. The number of benzene rings is 2. The molecule has 0 aliphatic carbocycles. The van der Waals surface area contributed by atoms with Crippen LogP contribution in [0.1, 0.15) is 12.0 Å². The van der Waals surface area contributed by atoms with E-state index in [1.165, 1.54) is 0 Å². The zero-order chi connectivity index (χ0) is 15.8. The summed E-state index contributed by atoms with van der Waals surface area (Å²) in [4.78, 5) is 23.3. The molecule has 114 valence electrons. The van der Waals surface area contributed by atoms with Crippen LogP contribution in [0.3, 0.4) is 0 Å². The average Bonchev–Trinajstić information content (AvgIpc) is 2.54. The van der Waals surface area contributed by atoms with Crippen molar-refractivity contribution in [3.63, 3.8) is 0 Å². The van der Waals surface area contributed by atoms with Gasteiger partial charge in [0.05, 0.1) is 5.33 Å². The fraction of sp³-hybridized carbons (Fsp3) is 0.176. The van der Waals surface area contributed by atoms with Crippen LogP contribution >= 0.6 is 15.9 Å². The number of amides is 2. The standard InChI is InChI=1S/C17H17BrN2O2/c18-12-17(22)20-15-8-4-7-14(11-15)19-16(21)10-9-13-5-2-1-3-6-13/h1-8,11H,9-10,12H2,(H,19,21)(H,20,22). The molecule has 2 aromatic rings. The van der Waals surface area contributed by atoms with Crippen molar-refractivity contribution < 1.29 is 9.59 Å². The highest BCUT2D eigenvalue weighted by molar-refractivity contribution is 9.09. The third-order valence-corrected chi connectivity index (χ3v) is 3.54. The van der Waals surface area contributed by atoms with Gasteiger partial charge in [-0.25, -0.2) is 0 Å². The highest BCUT2D eigenvalue weighted by Gasteiger charge is 2.05. The molecule has 0 bridgehead atoms. The van der Waals surface area contributed by atoms with Crippen molar-refractivity contribution in [2.24, 2.45) is 0 Å². The van der Waals surface area contributed by atoms with Crippen LogP contribution in [0.5, 0.6) is 0 Å². The van der Waals surface area contributed by atoms with Crippen LogP contribution in [0.25, 0.3) is 0 Å². The van der Waals surface area contributed by atoms with E-state index in [1.54, 1.807) is 24.3 Å². The Labute approximate surface area is 138 Å². The lowest BCUT2D eigenvalue weighted by molar-refractivity contribution is -0.116. The van der Waals surface area contributed by atoms with Crippen LogP contribution in [0.2, 0.25) is 0 Å². The fourth-order valence-electron chi connectivity index (χ4n) is 2.00. The first kappa shape index (κ1) is 16.2. The highest BCUT2D eigenvalue weighted by atomic mass is 79.9. The lowest BCUT2D eigenvalue weighted by Gasteiger charge is -2.08. The molecule has 0 aliphatic heterocycles. The lowest BCUT2D eigenvalue weighted by atomic mass is 10.1. The number of alkyl halides is 1. The summed E-state index contributed by atoms with van der Waals surface area (Å²) in [5.41, 5.74) is 2.46. The van der Waals surface area contributed by atoms with E-state index in [0.717, 1.165) is 5.56 Å². The molecule has 0 aliphatic rings. The SMILES string of the molecule is O=C(CBr)Nc1cccc(NC(=O)CCc2ccccc2)c1. The first-order chi connectivity index (χ1) is 10.7. The quantitative estimate of drug-likeness (QED) is 0.773. The van der Waals surface area contributed by atoms with Gasteiger partial charge in [0.15, 0.2) is 0 Å². The van der Waals surface area contributed by atoms with Gasteiger partial charge in [-0.05, 0) is 30.2 Å². The molecule has 0 atom stereocenters. The second-order valence-corrected chi connectivity index (χ2v) is 5.36. The molecule has 0 spiro atoms. The highest BCUT2D eigenvalue weighted by Crippen LogP contribution is 2.16. The summed E-state index contributed by atoms with van der Waals surface area (Å²) in [5, 5.41) is 5.80. The van der Waals surface area contributed by atoms with E-state index < -0.39 is 0 Å². The minimum absolute atomic E-state index is 0.0483. The van der Waals surface area contributed by atoms with E-state index in [0.29, 0.717) is 24.2 Å². The summed E-state index contributed by atoms with van der Waals surface area (Å²) in [6, 6.07) is 17.0. The first-order valence-corrected chi connectivity index (χ1v) is 8.09. The largest absolute Gasteiger partial charge is 0.326 e. The molecule has 5 heteroatoms. The number of carbonyl (C=O) groups is 2. The number of rotatable bonds is 6. The van der Waals surface area contributed by atoms with Gasteiger partial charge in [0.25, 0.3) is 0 Å². The topological polar surface area (TPSA) is 58.2 Å². The Morgan fingerprint density at radius 3 is 2.14 bits per heavy atom. The van der Waals surface area contributed by atoms with Gasteiger partial charge in [-0.3, -0.25) is 9.59 Å². The molecule has 0 aromatic heterocycles. The number of aryl methyl sites for hydroxylation is 1. The van der Waals surface area contributed by atoms with Gasteiger partial charge in [-0.15, -0.1) is 0 Å². The number of halogens is 1. The van der Waals surface area contributed by atoms with E-state index in [9.17, 15) is 9.59 Å². The Bertz CT molecular complexity index is 644. The maximum Gasteiger partial charge on any atom is 0.235 e. The molecule has 0 heterocycles. The zero-order valence-electron chi connectivity index (χ0n) is 12.0. The van der Waals surface area contributed by atoms with E-state index in [4.69, 9.17) is 0 Å². The van der Waals surface area contributed by atoms with Gasteiger partial charge in [-0.2, -0.15) is 0 Å². The minimum atomic E-state index is -0.132. The summed E-state index contributed by atoms with van der Waals surface area (Å²) in [6.07, 6.45) is 1.12. The smallest absolute Gasteiger partial charge is 0.235 e. The van der Waals surface area contributed by atoms with E-state index >= 15 is 0 Å². The van der Waals surface area contributed by atoms with Crippen molar-refractivity contribution >= 4 is 39.1 Å². The van der Waals surface area contributed by atoms with Crippen molar-refractivity contribution in [1.29, 1.82) is 0 Å². The summed E-state index contributed by atoms with van der Waals surface area (Å²) >= 11 is 3.09. The maximum absolute atomic E-state index is 12.0. The summed E-state index contributed by atoms with van der Waals surface area (Å²) in [6.45, 7) is 0.